The lowest BCUT2D eigenvalue weighted by Crippen LogP contribution is -2.44. The van der Waals surface area contributed by atoms with E-state index in [-0.39, 0.29) is 11.4 Å². The van der Waals surface area contributed by atoms with Crippen molar-refractivity contribution in [3.8, 4) is 0 Å². The summed E-state index contributed by atoms with van der Waals surface area (Å²) in [7, 11) is 1.56. The van der Waals surface area contributed by atoms with Gasteiger partial charge in [0.25, 0.3) is 0 Å². The third-order valence-electron chi connectivity index (χ3n) is 7.30. The number of hydrogen-bond donors (Lipinski definition) is 3. The molecule has 19 heteroatoms. The van der Waals surface area contributed by atoms with Crippen LogP contribution in [0, 0.1) is 17.8 Å². The van der Waals surface area contributed by atoms with Gasteiger partial charge in [-0.1, -0.05) is 39.5 Å². The molecule has 0 bridgehead atoms. The van der Waals surface area contributed by atoms with E-state index in [2.05, 4.69) is 55.4 Å². The summed E-state index contributed by atoms with van der Waals surface area (Å²) in [6.07, 6.45) is 3.02. The third kappa shape index (κ3) is 17.2. The van der Waals surface area contributed by atoms with Gasteiger partial charge in [-0.2, -0.15) is 0 Å². The largest absolute Gasteiger partial charge is 0.462 e. The highest BCUT2D eigenvalue weighted by molar-refractivity contribution is 5.92. The Morgan fingerprint density at radius 2 is 0.737 bits per heavy atom. The first-order chi connectivity index (χ1) is 27.0. The van der Waals surface area contributed by atoms with Crippen LogP contribution >= 0.6 is 0 Å². The number of carbonyl (C=O) groups is 8. The van der Waals surface area contributed by atoms with E-state index in [0.717, 1.165) is 36.5 Å². The number of ether oxygens (including phenoxy) is 8. The molecule has 19 nitrogen and oxygen atoms in total. The number of amides is 2. The van der Waals surface area contributed by atoms with Gasteiger partial charge < -0.3 is 43.2 Å². The van der Waals surface area contributed by atoms with Crippen LogP contribution in [0.1, 0.15) is 5.56 Å². The Hall–Kier alpha value is -7.18. The van der Waals surface area contributed by atoms with Gasteiger partial charge in [0.1, 0.15) is 63.7 Å². The molecule has 0 fully saturated rings. The van der Waals surface area contributed by atoms with Gasteiger partial charge in [-0.25, -0.2) is 38.4 Å². The van der Waals surface area contributed by atoms with Crippen molar-refractivity contribution in [2.75, 3.05) is 75.9 Å². The lowest BCUT2D eigenvalue weighted by molar-refractivity contribution is -0.161. The fraction of sp³-hybridized carbons (Fsp3) is 0.316. The first-order valence-electron chi connectivity index (χ1n) is 16.5. The number of rotatable bonds is 25. The normalized spacial score (nSPS) is 10.4. The van der Waals surface area contributed by atoms with Gasteiger partial charge >= 0.3 is 48.0 Å². The van der Waals surface area contributed by atoms with Crippen LogP contribution in [0.3, 0.4) is 0 Å². The van der Waals surface area contributed by atoms with Crippen molar-refractivity contribution in [2.24, 2.45) is 10.8 Å². The van der Waals surface area contributed by atoms with E-state index in [1.165, 1.54) is 12.1 Å². The Morgan fingerprint density at radius 1 is 0.474 bits per heavy atom. The standard InChI is InChI=1S/C38H45N3O16/c1-9-29(42)50-17-37(18-51-30(43)10-2,19-52-31(44)11-3)23-56-35(48)40-26-15-27(39-8)25(7)28(16-26)41-36(49)57-24-38(20-53-32(45)12-4,21-54-33(46)13-5)22-55-34(47)14-6/h9-16,39H,1-6,17-24H2,7-8H3,(H,40,48)(H,41,49). The summed E-state index contributed by atoms with van der Waals surface area (Å²) < 4.78 is 41.6. The van der Waals surface area contributed by atoms with E-state index in [0.29, 0.717) is 11.3 Å². The lowest BCUT2D eigenvalue weighted by atomic mass is 9.92. The first-order valence-corrected chi connectivity index (χ1v) is 16.5. The lowest BCUT2D eigenvalue weighted by Gasteiger charge is -2.31. The van der Waals surface area contributed by atoms with Gasteiger partial charge in [0.05, 0.1) is 5.69 Å². The van der Waals surface area contributed by atoms with E-state index in [1.807, 2.05) is 0 Å². The predicted molar refractivity (Wildman–Crippen MR) is 202 cm³/mol. The van der Waals surface area contributed by atoms with Gasteiger partial charge in [-0.15, -0.1) is 0 Å². The summed E-state index contributed by atoms with van der Waals surface area (Å²) in [6.45, 7) is 16.9. The zero-order chi connectivity index (χ0) is 43.0. The molecular formula is C38H45N3O16. The zero-order valence-corrected chi connectivity index (χ0v) is 31.6. The number of nitrogens with one attached hydrogen (secondary N) is 3. The van der Waals surface area contributed by atoms with E-state index in [9.17, 15) is 38.4 Å². The van der Waals surface area contributed by atoms with Crippen molar-refractivity contribution in [1.82, 2.24) is 0 Å². The minimum Gasteiger partial charge on any atom is -0.462 e. The van der Waals surface area contributed by atoms with Crippen LogP contribution in [0.2, 0.25) is 0 Å². The summed E-state index contributed by atoms with van der Waals surface area (Å²) >= 11 is 0. The minimum atomic E-state index is -1.61. The molecule has 3 N–H and O–H groups in total. The molecule has 1 aromatic carbocycles. The van der Waals surface area contributed by atoms with E-state index in [1.54, 1.807) is 14.0 Å². The van der Waals surface area contributed by atoms with E-state index >= 15 is 0 Å². The van der Waals surface area contributed by atoms with Crippen LogP contribution < -0.4 is 16.0 Å². The second kappa shape index (κ2) is 24.3. The van der Waals surface area contributed by atoms with Crippen molar-refractivity contribution in [3.05, 3.63) is 93.6 Å². The average molecular weight is 800 g/mol. The minimum absolute atomic E-state index is 0.0727. The highest BCUT2D eigenvalue weighted by Crippen LogP contribution is 2.30. The van der Waals surface area contributed by atoms with Gasteiger partial charge in [0.2, 0.25) is 0 Å². The summed E-state index contributed by atoms with van der Waals surface area (Å²) in [5.74, 6) is -5.24. The van der Waals surface area contributed by atoms with E-state index < -0.39 is 112 Å². The van der Waals surface area contributed by atoms with Crippen LogP contribution in [-0.2, 0) is 66.7 Å². The van der Waals surface area contributed by atoms with Crippen LogP contribution in [0.4, 0.5) is 26.7 Å². The quantitative estimate of drug-likeness (QED) is 0.0728. The topological polar surface area (TPSA) is 246 Å². The molecule has 0 aliphatic heterocycles. The Bertz CT molecular complexity index is 1610. The fourth-order valence-corrected chi connectivity index (χ4v) is 4.11. The second-order valence-electron chi connectivity index (χ2n) is 11.7. The smallest absolute Gasteiger partial charge is 0.411 e. The molecule has 0 aliphatic carbocycles. The average Bonchev–Trinajstić information content (AvgIpc) is 3.22. The Morgan fingerprint density at radius 3 is 1.02 bits per heavy atom. The highest BCUT2D eigenvalue weighted by atomic mass is 16.6. The van der Waals surface area contributed by atoms with Crippen molar-refractivity contribution in [1.29, 1.82) is 0 Å². The molecule has 0 saturated carbocycles. The molecule has 1 rings (SSSR count). The SMILES string of the molecule is C=CC(=O)OCC(COC(=O)C=C)(COC(=O)C=C)COC(=O)Nc1cc(NC)c(C)c(NC(=O)OCC(COC(=O)C=C)(COC(=O)C=C)COC(=O)C=C)c1. The Kier molecular flexibility index (Phi) is 20.4. The molecule has 0 spiro atoms. The molecule has 1 aromatic rings. The second-order valence-corrected chi connectivity index (χ2v) is 11.7. The summed E-state index contributed by atoms with van der Waals surface area (Å²) in [5, 5.41) is 7.91. The molecule has 0 atom stereocenters. The molecule has 0 heterocycles. The number of anilines is 3. The van der Waals surface area contributed by atoms with Gasteiger partial charge in [-0.05, 0) is 24.6 Å². The molecule has 2 amide bonds. The van der Waals surface area contributed by atoms with Gasteiger partial charge in [0.15, 0.2) is 0 Å². The fourth-order valence-electron chi connectivity index (χ4n) is 4.11. The molecule has 0 unspecified atom stereocenters. The molecule has 0 aliphatic rings. The number of esters is 6. The summed E-state index contributed by atoms with van der Waals surface area (Å²) in [5.41, 5.74) is -2.15. The summed E-state index contributed by atoms with van der Waals surface area (Å²) in [6, 6.07) is 2.83. The van der Waals surface area contributed by atoms with Gasteiger partial charge in [-0.3, -0.25) is 10.6 Å². The molecule has 0 aromatic heterocycles. The molecule has 0 radical (unpaired) electrons. The van der Waals surface area contributed by atoms with E-state index in [4.69, 9.17) is 37.9 Å². The van der Waals surface area contributed by atoms with Crippen molar-refractivity contribution in [3.63, 3.8) is 0 Å². The molecular weight excluding hydrogens is 754 g/mol. The highest BCUT2D eigenvalue weighted by Gasteiger charge is 2.39. The Labute approximate surface area is 328 Å². The predicted octanol–water partition coefficient (Wildman–Crippen LogP) is 3.48. The number of hydrogen-bond acceptors (Lipinski definition) is 17. The van der Waals surface area contributed by atoms with Gasteiger partial charge in [0, 0.05) is 54.9 Å². The Balaban J connectivity index is 3.35. The number of carbonyl (C=O) groups excluding carboxylic acids is 8. The molecule has 0 saturated heterocycles. The van der Waals surface area contributed by atoms with Crippen LogP contribution in [-0.4, -0.2) is 108 Å². The third-order valence-corrected chi connectivity index (χ3v) is 7.30. The number of benzene rings is 1. The van der Waals surface area contributed by atoms with Crippen molar-refractivity contribution in [2.45, 2.75) is 6.92 Å². The first kappa shape index (κ1) is 47.8. The van der Waals surface area contributed by atoms with Crippen LogP contribution in [0.15, 0.2) is 88.1 Å². The van der Waals surface area contributed by atoms with Crippen molar-refractivity contribution >= 4 is 65.1 Å². The molecule has 308 valence electrons. The maximum Gasteiger partial charge on any atom is 0.411 e. The van der Waals surface area contributed by atoms with Crippen LogP contribution in [0.25, 0.3) is 0 Å². The van der Waals surface area contributed by atoms with Crippen molar-refractivity contribution < 1.29 is 76.3 Å². The maximum atomic E-state index is 13.2. The monoisotopic (exact) mass is 799 g/mol. The van der Waals surface area contributed by atoms with Crippen LogP contribution in [0.5, 0.6) is 0 Å². The summed E-state index contributed by atoms with van der Waals surface area (Å²) in [4.78, 5) is 97.7. The maximum absolute atomic E-state index is 13.2. The zero-order valence-electron chi connectivity index (χ0n) is 31.6. The molecule has 57 heavy (non-hydrogen) atoms.